The molecule has 1 atom stereocenters. The summed E-state index contributed by atoms with van der Waals surface area (Å²) in [6.45, 7) is 1.79. The summed E-state index contributed by atoms with van der Waals surface area (Å²) in [5.41, 5.74) is 3.79. The van der Waals surface area contributed by atoms with E-state index < -0.39 is 6.48 Å². The Hall–Kier alpha value is -2.56. The number of rotatable bonds is 7. The van der Waals surface area contributed by atoms with Crippen LogP contribution in [0.2, 0.25) is 0 Å². The number of hydrogen-bond donors (Lipinski definition) is 1. The maximum Gasteiger partial charge on any atom is 0.315 e. The van der Waals surface area contributed by atoms with Crippen molar-refractivity contribution in [1.82, 2.24) is 0 Å². The quantitative estimate of drug-likeness (QED) is 0.386. The Morgan fingerprint density at radius 1 is 0.853 bits per heavy atom. The second kappa shape index (κ2) is 8.58. The van der Waals surface area contributed by atoms with Crippen molar-refractivity contribution in [3.8, 4) is 22.6 Å². The van der Waals surface area contributed by atoms with E-state index in [1.165, 1.54) is 49.5 Å². The number of ether oxygens (including phenoxy) is 3. The van der Waals surface area contributed by atoms with Gasteiger partial charge in [-0.2, -0.15) is 0 Å². The van der Waals surface area contributed by atoms with Crippen molar-refractivity contribution in [1.29, 1.82) is 0 Å². The maximum absolute atomic E-state index is 9.69. The lowest BCUT2D eigenvalue weighted by Crippen LogP contribution is -2.48. The average Bonchev–Trinajstić information content (AvgIpc) is 2.82. The Kier molecular flexibility index (Phi) is 5.54. The number of phenols is 1. The summed E-state index contributed by atoms with van der Waals surface area (Å²) in [4.78, 5) is 0. The molecule has 0 saturated heterocycles. The first kappa shape index (κ1) is 21.9. The highest BCUT2D eigenvalue weighted by Gasteiger charge is 2.52. The summed E-state index contributed by atoms with van der Waals surface area (Å²) in [5, 5.41) is 12.1. The van der Waals surface area contributed by atoms with Crippen LogP contribution in [0.15, 0.2) is 54.6 Å². The van der Waals surface area contributed by atoms with Gasteiger partial charge in [0, 0.05) is 12.7 Å². The van der Waals surface area contributed by atoms with Gasteiger partial charge < -0.3 is 19.3 Å². The molecule has 4 bridgehead atoms. The summed E-state index contributed by atoms with van der Waals surface area (Å²) in [5.74, 6) is 3.75. The Bertz CT molecular complexity index is 1150. The van der Waals surface area contributed by atoms with E-state index in [1.807, 2.05) is 19.1 Å². The molecule has 4 fully saturated rings. The molecule has 0 spiro atoms. The van der Waals surface area contributed by atoms with Crippen molar-refractivity contribution in [2.24, 2.45) is 17.8 Å². The van der Waals surface area contributed by atoms with Gasteiger partial charge in [0.1, 0.15) is 11.5 Å². The van der Waals surface area contributed by atoms with E-state index in [9.17, 15) is 5.11 Å². The SMILES string of the molecule is CCOC(OC)Oc1cc2ccc(-c3ccc(O)cc3)cc2cc1C12CC3CC(CC(C3)C1)C2. The molecule has 0 radical (unpaired) electrons. The van der Waals surface area contributed by atoms with Gasteiger partial charge in [0.25, 0.3) is 0 Å². The third kappa shape index (κ3) is 3.87. The molecule has 0 aliphatic heterocycles. The molecule has 0 aromatic heterocycles. The van der Waals surface area contributed by atoms with E-state index in [0.717, 1.165) is 40.0 Å². The molecule has 4 aliphatic carbocycles. The molecule has 178 valence electrons. The predicted molar refractivity (Wildman–Crippen MR) is 134 cm³/mol. The first-order valence-corrected chi connectivity index (χ1v) is 12.7. The number of fused-ring (bicyclic) bond motifs is 1. The van der Waals surface area contributed by atoms with E-state index >= 15 is 0 Å². The van der Waals surface area contributed by atoms with Gasteiger partial charge in [0.05, 0.1) is 6.61 Å². The molecular weight excluding hydrogens is 424 g/mol. The van der Waals surface area contributed by atoms with Crippen LogP contribution in [0.5, 0.6) is 11.5 Å². The highest BCUT2D eigenvalue weighted by Crippen LogP contribution is 2.62. The molecule has 1 N–H and O–H groups in total. The molecule has 3 aromatic rings. The summed E-state index contributed by atoms with van der Waals surface area (Å²) in [6.07, 6.45) is 8.04. The number of benzene rings is 3. The van der Waals surface area contributed by atoms with Crippen LogP contribution in [0.3, 0.4) is 0 Å². The molecule has 1 unspecified atom stereocenters. The fourth-order valence-electron chi connectivity index (χ4n) is 7.45. The van der Waals surface area contributed by atoms with Gasteiger partial charge in [0.15, 0.2) is 0 Å². The van der Waals surface area contributed by atoms with Crippen LogP contribution < -0.4 is 4.74 Å². The largest absolute Gasteiger partial charge is 0.508 e. The minimum atomic E-state index is -0.702. The Labute approximate surface area is 201 Å². The third-order valence-electron chi connectivity index (χ3n) is 8.47. The van der Waals surface area contributed by atoms with Crippen LogP contribution in [0.25, 0.3) is 21.9 Å². The average molecular weight is 459 g/mol. The van der Waals surface area contributed by atoms with Crippen LogP contribution in [0.1, 0.15) is 51.0 Å². The second-order valence-corrected chi connectivity index (χ2v) is 10.8. The molecule has 4 heteroatoms. The fraction of sp³-hybridized carbons (Fsp3) is 0.467. The lowest BCUT2D eigenvalue weighted by molar-refractivity contribution is -0.231. The van der Waals surface area contributed by atoms with E-state index in [2.05, 4.69) is 30.3 Å². The Balaban J connectivity index is 1.46. The summed E-state index contributed by atoms with van der Waals surface area (Å²) >= 11 is 0. The Morgan fingerprint density at radius 2 is 1.50 bits per heavy atom. The Morgan fingerprint density at radius 3 is 2.12 bits per heavy atom. The van der Waals surface area contributed by atoms with Gasteiger partial charge >= 0.3 is 6.48 Å². The number of phenolic OH excluding ortho intramolecular Hbond substituents is 1. The van der Waals surface area contributed by atoms with Crippen molar-refractivity contribution < 1.29 is 19.3 Å². The van der Waals surface area contributed by atoms with E-state index in [4.69, 9.17) is 14.2 Å². The first-order valence-electron chi connectivity index (χ1n) is 12.7. The molecule has 34 heavy (non-hydrogen) atoms. The fourth-order valence-corrected chi connectivity index (χ4v) is 7.45. The van der Waals surface area contributed by atoms with Crippen LogP contribution in [-0.2, 0) is 14.9 Å². The molecule has 0 amide bonds. The van der Waals surface area contributed by atoms with Crippen LogP contribution in [-0.4, -0.2) is 25.3 Å². The van der Waals surface area contributed by atoms with Crippen molar-refractivity contribution in [3.05, 3.63) is 60.2 Å². The zero-order valence-electron chi connectivity index (χ0n) is 20.1. The zero-order valence-corrected chi connectivity index (χ0v) is 20.1. The van der Waals surface area contributed by atoms with Gasteiger partial charge in [0.2, 0.25) is 0 Å². The highest BCUT2D eigenvalue weighted by atomic mass is 16.8. The summed E-state index contributed by atoms with van der Waals surface area (Å²) in [6, 6.07) is 18.6. The minimum Gasteiger partial charge on any atom is -0.508 e. The summed E-state index contributed by atoms with van der Waals surface area (Å²) in [7, 11) is 1.63. The standard InChI is InChI=1S/C30H34O4/c1-3-33-29(32-2)34-28-15-24-5-4-23(22-6-8-26(31)9-7-22)13-25(24)14-27(28)30-16-19-10-20(17-30)12-21(11-19)18-30/h4-9,13-15,19-21,29,31H,3,10-12,16-18H2,1-2H3. The predicted octanol–water partition coefficient (Wildman–Crippen LogP) is 7.03. The lowest BCUT2D eigenvalue weighted by Gasteiger charge is -2.57. The van der Waals surface area contributed by atoms with Crippen molar-refractivity contribution >= 4 is 10.8 Å². The molecule has 4 nitrogen and oxygen atoms in total. The van der Waals surface area contributed by atoms with Crippen molar-refractivity contribution in [2.45, 2.75) is 57.3 Å². The smallest absolute Gasteiger partial charge is 0.315 e. The molecular formula is C30H34O4. The monoisotopic (exact) mass is 458 g/mol. The van der Waals surface area contributed by atoms with Crippen molar-refractivity contribution in [2.75, 3.05) is 13.7 Å². The van der Waals surface area contributed by atoms with E-state index in [1.54, 1.807) is 19.2 Å². The summed E-state index contributed by atoms with van der Waals surface area (Å²) < 4.78 is 17.6. The van der Waals surface area contributed by atoms with Gasteiger partial charge in [-0.05, 0) is 121 Å². The van der Waals surface area contributed by atoms with Gasteiger partial charge in [-0.25, -0.2) is 0 Å². The molecule has 3 aromatic carbocycles. The van der Waals surface area contributed by atoms with Crippen molar-refractivity contribution in [3.63, 3.8) is 0 Å². The molecule has 4 aliphatic rings. The van der Waals surface area contributed by atoms with E-state index in [0.29, 0.717) is 6.61 Å². The van der Waals surface area contributed by atoms with Crippen LogP contribution in [0.4, 0.5) is 0 Å². The van der Waals surface area contributed by atoms with Gasteiger partial charge in [-0.3, -0.25) is 0 Å². The lowest BCUT2D eigenvalue weighted by atomic mass is 9.48. The second-order valence-electron chi connectivity index (χ2n) is 10.8. The topological polar surface area (TPSA) is 47.9 Å². The van der Waals surface area contributed by atoms with Gasteiger partial charge in [-0.15, -0.1) is 0 Å². The molecule has 0 heterocycles. The number of aromatic hydroxyl groups is 1. The highest BCUT2D eigenvalue weighted by molar-refractivity contribution is 5.89. The third-order valence-corrected chi connectivity index (χ3v) is 8.47. The van der Waals surface area contributed by atoms with E-state index in [-0.39, 0.29) is 11.2 Å². The molecule has 4 saturated carbocycles. The van der Waals surface area contributed by atoms with Crippen LogP contribution >= 0.6 is 0 Å². The normalized spacial score (nSPS) is 28.4. The minimum absolute atomic E-state index is 0.192. The maximum atomic E-state index is 9.69. The first-order chi connectivity index (χ1) is 16.5. The zero-order chi connectivity index (χ0) is 23.3. The van der Waals surface area contributed by atoms with Gasteiger partial charge in [-0.1, -0.05) is 24.3 Å². The van der Waals surface area contributed by atoms with Crippen LogP contribution in [0, 0.1) is 17.8 Å². The number of methoxy groups -OCH3 is 1. The number of hydrogen-bond acceptors (Lipinski definition) is 4. The molecule has 7 rings (SSSR count).